The maximum atomic E-state index is 13.6. The van der Waals surface area contributed by atoms with E-state index in [-0.39, 0.29) is 11.6 Å². The molecule has 1 aliphatic carbocycles. The highest BCUT2D eigenvalue weighted by Crippen LogP contribution is 2.23. The number of halogens is 1. The van der Waals surface area contributed by atoms with Gasteiger partial charge < -0.3 is 10.2 Å². The van der Waals surface area contributed by atoms with Crippen molar-refractivity contribution in [1.82, 2.24) is 4.98 Å². The molecule has 94 valence electrons. The number of nitrogen functional groups attached to an aromatic ring is 1. The van der Waals surface area contributed by atoms with E-state index in [1.807, 2.05) is 13.0 Å². The monoisotopic (exact) mass is 247 g/mol. The van der Waals surface area contributed by atoms with E-state index in [0.29, 0.717) is 18.0 Å². The van der Waals surface area contributed by atoms with Crippen molar-refractivity contribution in [1.29, 1.82) is 0 Å². The van der Waals surface area contributed by atoms with Crippen LogP contribution in [0.1, 0.15) is 12.0 Å². The second kappa shape index (κ2) is 5.46. The van der Waals surface area contributed by atoms with Crippen molar-refractivity contribution in [2.24, 2.45) is 5.84 Å². The number of allylic oxidation sites excluding steroid dienone is 5. The largest absolute Gasteiger partial charge is 0.440 e. The van der Waals surface area contributed by atoms with Gasteiger partial charge in [-0.1, -0.05) is 18.2 Å². The highest BCUT2D eigenvalue weighted by Gasteiger charge is 2.09. The minimum atomic E-state index is -0.388. The lowest BCUT2D eigenvalue weighted by atomic mass is 10.2. The van der Waals surface area contributed by atoms with Crippen molar-refractivity contribution in [3.8, 4) is 5.88 Å². The van der Waals surface area contributed by atoms with Gasteiger partial charge in [-0.25, -0.2) is 9.37 Å². The third kappa shape index (κ3) is 2.75. The molecular formula is C13H14FN3O. The van der Waals surface area contributed by atoms with Gasteiger partial charge in [-0.05, 0) is 18.6 Å². The Balaban J connectivity index is 2.21. The molecular weight excluding hydrogens is 233 g/mol. The molecule has 0 atom stereocenters. The number of hydrogen-bond acceptors (Lipinski definition) is 4. The minimum absolute atomic E-state index is 0.250. The number of nitrogens with zero attached hydrogens (tertiary/aromatic N) is 1. The van der Waals surface area contributed by atoms with E-state index in [0.717, 1.165) is 5.56 Å². The Morgan fingerprint density at radius 2 is 2.28 bits per heavy atom. The van der Waals surface area contributed by atoms with E-state index in [1.165, 1.54) is 6.08 Å². The van der Waals surface area contributed by atoms with Crippen LogP contribution in [0.15, 0.2) is 48.2 Å². The van der Waals surface area contributed by atoms with Gasteiger partial charge in [0.15, 0.2) is 5.83 Å². The lowest BCUT2D eigenvalue weighted by molar-refractivity contribution is 0.378. The molecule has 0 fully saturated rings. The first-order valence-corrected chi connectivity index (χ1v) is 5.53. The molecule has 1 aliphatic rings. The average Bonchev–Trinajstić information content (AvgIpc) is 2.55. The molecule has 0 amide bonds. The first-order chi connectivity index (χ1) is 8.70. The van der Waals surface area contributed by atoms with Crippen LogP contribution in [-0.4, -0.2) is 4.98 Å². The molecule has 1 aromatic rings. The number of aryl methyl sites for hydroxylation is 1. The zero-order valence-electron chi connectivity index (χ0n) is 9.98. The second-order valence-electron chi connectivity index (χ2n) is 3.85. The van der Waals surface area contributed by atoms with E-state index in [2.05, 4.69) is 10.4 Å². The fraction of sp³-hybridized carbons (Fsp3) is 0.154. The summed E-state index contributed by atoms with van der Waals surface area (Å²) in [6.07, 6.45) is 8.53. The lowest BCUT2D eigenvalue weighted by Crippen LogP contribution is -2.09. The van der Waals surface area contributed by atoms with Crippen LogP contribution in [0.4, 0.5) is 10.1 Å². The smallest absolute Gasteiger partial charge is 0.219 e. The van der Waals surface area contributed by atoms with Crippen molar-refractivity contribution < 1.29 is 9.13 Å². The Labute approximate surface area is 105 Å². The van der Waals surface area contributed by atoms with Crippen molar-refractivity contribution in [3.63, 3.8) is 0 Å². The fourth-order valence-electron chi connectivity index (χ4n) is 1.54. The second-order valence-corrected chi connectivity index (χ2v) is 3.85. The van der Waals surface area contributed by atoms with Gasteiger partial charge in [-0.15, -0.1) is 0 Å². The zero-order chi connectivity index (χ0) is 13.0. The Kier molecular flexibility index (Phi) is 3.74. The normalized spacial score (nSPS) is 14.6. The van der Waals surface area contributed by atoms with Crippen molar-refractivity contribution in [3.05, 3.63) is 53.7 Å². The summed E-state index contributed by atoms with van der Waals surface area (Å²) < 4.78 is 19.1. The first kappa shape index (κ1) is 12.3. The van der Waals surface area contributed by atoms with Gasteiger partial charge in [-0.2, -0.15) is 0 Å². The van der Waals surface area contributed by atoms with Crippen LogP contribution < -0.4 is 16.0 Å². The van der Waals surface area contributed by atoms with Crippen LogP contribution in [0.3, 0.4) is 0 Å². The molecule has 0 spiro atoms. The SMILES string of the molecule is Cc1cc(OC2=C(F)C=CC=CC2)ncc1NN. The molecule has 0 aliphatic heterocycles. The predicted octanol–water partition coefficient (Wildman–Crippen LogP) is 2.75. The number of pyridine rings is 1. The van der Waals surface area contributed by atoms with Gasteiger partial charge in [0.2, 0.25) is 5.88 Å². The number of nitrogens with one attached hydrogen (secondary N) is 1. The number of rotatable bonds is 3. The average molecular weight is 247 g/mol. The molecule has 18 heavy (non-hydrogen) atoms. The molecule has 0 saturated heterocycles. The van der Waals surface area contributed by atoms with Gasteiger partial charge in [0, 0.05) is 12.5 Å². The number of ether oxygens (including phenoxy) is 1. The summed E-state index contributed by atoms with van der Waals surface area (Å²) in [5, 5.41) is 0. The van der Waals surface area contributed by atoms with E-state index < -0.39 is 0 Å². The van der Waals surface area contributed by atoms with Crippen LogP contribution >= 0.6 is 0 Å². The number of aromatic nitrogens is 1. The molecule has 1 aromatic heterocycles. The highest BCUT2D eigenvalue weighted by molar-refractivity contribution is 5.49. The van der Waals surface area contributed by atoms with Crippen LogP contribution in [0.2, 0.25) is 0 Å². The molecule has 3 N–H and O–H groups in total. The van der Waals surface area contributed by atoms with Crippen LogP contribution in [-0.2, 0) is 0 Å². The summed E-state index contributed by atoms with van der Waals surface area (Å²) >= 11 is 0. The minimum Gasteiger partial charge on any atom is -0.440 e. The maximum absolute atomic E-state index is 13.6. The highest BCUT2D eigenvalue weighted by atomic mass is 19.1. The summed E-state index contributed by atoms with van der Waals surface area (Å²) in [5.41, 5.74) is 4.10. The fourth-order valence-corrected chi connectivity index (χ4v) is 1.54. The van der Waals surface area contributed by atoms with E-state index in [1.54, 1.807) is 24.4 Å². The molecule has 0 aromatic carbocycles. The zero-order valence-corrected chi connectivity index (χ0v) is 9.98. The number of hydrogen-bond donors (Lipinski definition) is 2. The molecule has 0 unspecified atom stereocenters. The van der Waals surface area contributed by atoms with Crippen LogP contribution in [0.5, 0.6) is 5.88 Å². The summed E-state index contributed by atoms with van der Waals surface area (Å²) in [6, 6.07) is 1.70. The standard InChI is InChI=1S/C13H14FN3O/c1-9-7-13(16-8-11(9)17-15)18-12-6-4-2-3-5-10(12)14/h2-5,7-8,17H,6,15H2,1H3. The van der Waals surface area contributed by atoms with Crippen molar-refractivity contribution in [2.75, 3.05) is 5.43 Å². The van der Waals surface area contributed by atoms with Crippen LogP contribution in [0, 0.1) is 6.92 Å². The molecule has 1 heterocycles. The van der Waals surface area contributed by atoms with Gasteiger partial charge in [-0.3, -0.25) is 5.84 Å². The Bertz CT molecular complexity index is 535. The summed E-state index contributed by atoms with van der Waals surface area (Å²) in [5.74, 6) is 5.52. The molecule has 0 saturated carbocycles. The van der Waals surface area contributed by atoms with Crippen molar-refractivity contribution >= 4 is 5.69 Å². The van der Waals surface area contributed by atoms with Gasteiger partial charge in [0.25, 0.3) is 0 Å². The van der Waals surface area contributed by atoms with Crippen molar-refractivity contribution in [2.45, 2.75) is 13.3 Å². The summed E-state index contributed by atoms with van der Waals surface area (Å²) in [6.45, 7) is 1.86. The Morgan fingerprint density at radius 1 is 1.44 bits per heavy atom. The Morgan fingerprint density at radius 3 is 3.00 bits per heavy atom. The summed E-state index contributed by atoms with van der Waals surface area (Å²) in [7, 11) is 0. The number of anilines is 1. The van der Waals surface area contributed by atoms with E-state index in [9.17, 15) is 4.39 Å². The lowest BCUT2D eigenvalue weighted by Gasteiger charge is -2.10. The number of hydrazine groups is 1. The Hall–Kier alpha value is -2.14. The van der Waals surface area contributed by atoms with E-state index >= 15 is 0 Å². The first-order valence-electron chi connectivity index (χ1n) is 5.53. The quantitative estimate of drug-likeness (QED) is 0.637. The van der Waals surface area contributed by atoms with E-state index in [4.69, 9.17) is 10.6 Å². The van der Waals surface area contributed by atoms with Crippen LogP contribution in [0.25, 0.3) is 0 Å². The molecule has 0 radical (unpaired) electrons. The summed E-state index contributed by atoms with van der Waals surface area (Å²) in [4.78, 5) is 4.06. The topological polar surface area (TPSA) is 60.2 Å². The van der Waals surface area contributed by atoms with Gasteiger partial charge >= 0.3 is 0 Å². The third-order valence-electron chi connectivity index (χ3n) is 2.53. The number of nitrogens with two attached hydrogens (primary N) is 1. The third-order valence-corrected chi connectivity index (χ3v) is 2.53. The molecule has 5 heteroatoms. The van der Waals surface area contributed by atoms with Gasteiger partial charge in [0.05, 0.1) is 11.9 Å². The molecule has 4 nitrogen and oxygen atoms in total. The maximum Gasteiger partial charge on any atom is 0.219 e. The van der Waals surface area contributed by atoms with Gasteiger partial charge in [0.1, 0.15) is 5.76 Å². The molecule has 2 rings (SSSR count). The predicted molar refractivity (Wildman–Crippen MR) is 68.4 cm³/mol. The molecule has 0 bridgehead atoms.